The molecule has 0 N–H and O–H groups in total. The van der Waals surface area contributed by atoms with E-state index in [0.29, 0.717) is 39.6 Å². The fourth-order valence-electron chi connectivity index (χ4n) is 5.72. The molecule has 64 heavy (non-hydrogen) atoms. The van der Waals surface area contributed by atoms with E-state index in [1.165, 1.54) is 0 Å². The van der Waals surface area contributed by atoms with E-state index in [0.717, 1.165) is 111 Å². The maximum atomic E-state index is 11.1. The van der Waals surface area contributed by atoms with Crippen LogP contribution in [0.5, 0.6) is 17.2 Å². The molecule has 3 aromatic carbocycles. The van der Waals surface area contributed by atoms with Gasteiger partial charge in [-0.3, -0.25) is 0 Å². The maximum Gasteiger partial charge on any atom is 3.00 e. The average molecular weight is 913 g/mol. The Bertz CT molecular complexity index is 1320. The molecule has 0 amide bonds. The number of unbranched alkanes of at least 4 members (excludes halogenated alkanes) is 6. The van der Waals surface area contributed by atoms with Crippen LogP contribution in [0.25, 0.3) is 0 Å². The fourth-order valence-corrected chi connectivity index (χ4v) is 5.72. The van der Waals surface area contributed by atoms with Crippen molar-refractivity contribution < 1.29 is 58.9 Å². The topological polar surface area (TPSA) is 152 Å². The molecule has 0 aromatic heterocycles. The third-order valence-electron chi connectivity index (χ3n) is 10.3. The van der Waals surface area contributed by atoms with Crippen molar-refractivity contribution in [2.75, 3.05) is 59.5 Å². The summed E-state index contributed by atoms with van der Waals surface area (Å²) in [6.07, 6.45) is 12.6. The largest absolute Gasteiger partial charge is 3.00 e. The molecule has 0 heterocycles. The van der Waals surface area contributed by atoms with Gasteiger partial charge in [0.1, 0.15) is 34.1 Å². The summed E-state index contributed by atoms with van der Waals surface area (Å²) in [6.45, 7) is 22.8. The Hall–Kier alpha value is -2.77. The smallest absolute Gasteiger partial charge is 0.723 e. The van der Waals surface area contributed by atoms with Crippen LogP contribution in [0.4, 0.5) is 0 Å². The van der Waals surface area contributed by atoms with E-state index in [-0.39, 0.29) is 37.2 Å². The molecule has 0 fully saturated rings. The first-order chi connectivity index (χ1) is 30.5. The predicted molar refractivity (Wildman–Crippen MR) is 249 cm³/mol. The van der Waals surface area contributed by atoms with E-state index >= 15 is 0 Å². The van der Waals surface area contributed by atoms with Crippen molar-refractivity contribution >= 4 is 17.4 Å². The zero-order valence-electron chi connectivity index (χ0n) is 40.8. The molecule has 0 saturated heterocycles. The van der Waals surface area contributed by atoms with Crippen LogP contribution in [0.2, 0.25) is 0 Å². The van der Waals surface area contributed by atoms with Gasteiger partial charge in [0.05, 0.1) is 39.6 Å². The van der Waals surface area contributed by atoms with E-state index in [1.54, 1.807) is 20.8 Å². The van der Waals surface area contributed by atoms with Crippen LogP contribution in [0.1, 0.15) is 156 Å². The van der Waals surface area contributed by atoms with Crippen molar-refractivity contribution in [1.82, 2.24) is 0 Å². The van der Waals surface area contributed by atoms with E-state index < -0.39 is 16.8 Å². The number of hydrogen-bond donors (Lipinski definition) is 0. The number of ether oxygens (including phenoxy) is 6. The van der Waals surface area contributed by atoms with Gasteiger partial charge in [0.2, 0.25) is 0 Å². The molecule has 3 unspecified atom stereocenters. The molecule has 12 nitrogen and oxygen atoms in total. The minimum Gasteiger partial charge on any atom is -0.723 e. The van der Waals surface area contributed by atoms with Gasteiger partial charge < -0.3 is 58.9 Å². The summed E-state index contributed by atoms with van der Waals surface area (Å²) in [6, 6.07) is 22.4. The van der Waals surface area contributed by atoms with Crippen LogP contribution in [0.15, 0.2) is 72.8 Å². The Balaban J connectivity index is 0.000000923. The fraction of sp³-hybridized carbons (Fsp3) is 0.647. The molecule has 0 bridgehead atoms. The van der Waals surface area contributed by atoms with Crippen molar-refractivity contribution in [3.63, 3.8) is 0 Å². The third-order valence-corrected chi connectivity index (χ3v) is 10.3. The van der Waals surface area contributed by atoms with E-state index in [9.17, 15) is 15.8 Å². The summed E-state index contributed by atoms with van der Waals surface area (Å²) in [4.78, 5) is 13.3. The molecule has 0 aliphatic heterocycles. The predicted octanol–water partition coefficient (Wildman–Crippen LogP) is 9.19. The zero-order valence-corrected chi connectivity index (χ0v) is 41.9. The van der Waals surface area contributed by atoms with Crippen molar-refractivity contribution in [3.05, 3.63) is 89.5 Å². The van der Waals surface area contributed by atoms with Gasteiger partial charge in [-0.15, -0.1) is 0 Å². The second kappa shape index (κ2) is 37.3. The van der Waals surface area contributed by atoms with Gasteiger partial charge in [0, 0.05) is 19.8 Å². The second-order valence-corrected chi connectivity index (χ2v) is 16.3. The van der Waals surface area contributed by atoms with E-state index in [2.05, 4.69) is 56.2 Å². The van der Waals surface area contributed by atoms with Crippen molar-refractivity contribution in [3.8, 4) is 17.2 Å². The summed E-state index contributed by atoms with van der Waals surface area (Å²) in [5.74, 6) is 2.44. The second-order valence-electron chi connectivity index (χ2n) is 16.3. The SMILES string of the molecule is CCCCOCC(C)(O[O-])c1ccc(OCCCC)cc1.CCCCOCC(C)(O[O-])c1ccc(OCCCC)cc1.CCCCOCC(C)(O[O-])c1ccc(OCCCC)cc1.[Al+3]. The molecule has 0 aliphatic rings. The molecule has 0 spiro atoms. The van der Waals surface area contributed by atoms with Crippen molar-refractivity contribution in [2.24, 2.45) is 0 Å². The molecule has 3 rings (SSSR count). The first kappa shape index (κ1) is 61.2. The molecule has 0 aliphatic carbocycles. The van der Waals surface area contributed by atoms with Gasteiger partial charge in [-0.2, -0.15) is 0 Å². The Morgan fingerprint density at radius 3 is 0.734 bits per heavy atom. The van der Waals surface area contributed by atoms with Gasteiger partial charge in [-0.05, 0) is 112 Å². The van der Waals surface area contributed by atoms with Gasteiger partial charge in [0.15, 0.2) is 0 Å². The third kappa shape index (κ3) is 24.7. The number of rotatable bonds is 33. The summed E-state index contributed by atoms with van der Waals surface area (Å²) < 4.78 is 33.4. The standard InChI is InChI=1S/3C17H28O4.Al/c3*1-4-6-12-19-14-17(3,21-18)15-8-10-16(11-9-15)20-13-7-5-2;/h3*8-11,18H,4-7,12-14H2,1-3H3;/q;;;+3/p-3. The Morgan fingerprint density at radius 2 is 0.547 bits per heavy atom. The van der Waals surface area contributed by atoms with Crippen LogP contribution in [0.3, 0.4) is 0 Å². The van der Waals surface area contributed by atoms with E-state index in [4.69, 9.17) is 28.4 Å². The summed E-state index contributed by atoms with van der Waals surface area (Å²) >= 11 is 0. The van der Waals surface area contributed by atoms with Gasteiger partial charge >= 0.3 is 17.4 Å². The maximum absolute atomic E-state index is 11.1. The average Bonchev–Trinajstić information content (AvgIpc) is 3.32. The summed E-state index contributed by atoms with van der Waals surface area (Å²) in [5.41, 5.74) is -0.480. The molecule has 3 aromatic rings. The van der Waals surface area contributed by atoms with Crippen molar-refractivity contribution in [1.29, 1.82) is 0 Å². The minimum atomic E-state index is -0.963. The van der Waals surface area contributed by atoms with Crippen LogP contribution in [0, 0.1) is 0 Å². The molecule has 13 heteroatoms. The number of hydrogen-bond acceptors (Lipinski definition) is 12. The zero-order chi connectivity index (χ0) is 46.7. The normalized spacial score (nSPS) is 13.7. The molecule has 0 saturated carbocycles. The minimum absolute atomic E-state index is 0. The van der Waals surface area contributed by atoms with Crippen LogP contribution >= 0.6 is 0 Å². The molecular weight excluding hydrogens is 832 g/mol. The summed E-state index contributed by atoms with van der Waals surface area (Å²) in [5, 5.41) is 33.3. The molecule has 360 valence electrons. The number of benzene rings is 3. The monoisotopic (exact) mass is 913 g/mol. The van der Waals surface area contributed by atoms with Gasteiger partial charge in [-0.25, -0.2) is 0 Å². The Labute approximate surface area is 397 Å². The Morgan fingerprint density at radius 1 is 0.344 bits per heavy atom. The van der Waals surface area contributed by atoms with Crippen molar-refractivity contribution in [2.45, 2.75) is 156 Å². The first-order valence-corrected chi connectivity index (χ1v) is 23.3. The molecule has 3 atom stereocenters. The van der Waals surface area contributed by atoms with Crippen LogP contribution in [-0.4, -0.2) is 76.8 Å². The molecule has 0 radical (unpaired) electrons. The first-order valence-electron chi connectivity index (χ1n) is 23.3. The Kier molecular flexibility index (Phi) is 35.7. The van der Waals surface area contributed by atoms with E-state index in [1.807, 2.05) is 72.8 Å². The summed E-state index contributed by atoms with van der Waals surface area (Å²) in [7, 11) is 0. The van der Waals surface area contributed by atoms with Gasteiger partial charge in [0.25, 0.3) is 0 Å². The van der Waals surface area contributed by atoms with Crippen LogP contribution in [-0.2, 0) is 45.7 Å². The van der Waals surface area contributed by atoms with Gasteiger partial charge in [-0.1, -0.05) is 116 Å². The van der Waals surface area contributed by atoms with Crippen LogP contribution < -0.4 is 30.0 Å². The molecular formula is C51H81AlO12. The quantitative estimate of drug-likeness (QED) is 0.0248.